The molecule has 0 bridgehead atoms. The Hall–Kier alpha value is -4.65. The SMILES string of the molecule is C[C@@H](N)C(=O)N[C@H]1CC[C@H](Nc2cc(Nc3ccccn3)c3ncc(C(=O)Nc4ccnc(F)c4)n3n2)CC1. The van der Waals surface area contributed by atoms with Crippen LogP contribution in [-0.4, -0.2) is 54.5 Å². The molecule has 0 saturated heterocycles. The summed E-state index contributed by atoms with van der Waals surface area (Å²) >= 11 is 0. The van der Waals surface area contributed by atoms with Crippen LogP contribution in [-0.2, 0) is 4.79 Å². The molecule has 0 unspecified atom stereocenters. The maximum Gasteiger partial charge on any atom is 0.276 e. The van der Waals surface area contributed by atoms with E-state index >= 15 is 0 Å². The van der Waals surface area contributed by atoms with E-state index < -0.39 is 17.9 Å². The van der Waals surface area contributed by atoms with Gasteiger partial charge in [-0.05, 0) is 50.8 Å². The highest BCUT2D eigenvalue weighted by atomic mass is 19.1. The van der Waals surface area contributed by atoms with Crippen molar-refractivity contribution in [2.75, 3.05) is 16.0 Å². The average molecular weight is 533 g/mol. The summed E-state index contributed by atoms with van der Waals surface area (Å²) < 4.78 is 15.0. The number of hydrogen-bond acceptors (Lipinski definition) is 9. The van der Waals surface area contributed by atoms with Crippen molar-refractivity contribution in [3.8, 4) is 0 Å². The van der Waals surface area contributed by atoms with E-state index in [0.717, 1.165) is 31.7 Å². The molecule has 0 radical (unpaired) electrons. The molecule has 12 nitrogen and oxygen atoms in total. The molecular weight excluding hydrogens is 503 g/mol. The van der Waals surface area contributed by atoms with Crippen LogP contribution in [0, 0.1) is 5.95 Å². The zero-order chi connectivity index (χ0) is 27.4. The van der Waals surface area contributed by atoms with Gasteiger partial charge in [0.05, 0.1) is 17.9 Å². The molecule has 1 saturated carbocycles. The largest absolute Gasteiger partial charge is 0.366 e. The minimum atomic E-state index is -0.704. The van der Waals surface area contributed by atoms with Gasteiger partial charge in [0.2, 0.25) is 11.9 Å². The monoisotopic (exact) mass is 532 g/mol. The number of nitrogens with zero attached hydrogens (tertiary/aromatic N) is 5. The molecule has 202 valence electrons. The summed E-state index contributed by atoms with van der Waals surface area (Å²) in [6.07, 6.45) is 7.59. The number of carbonyl (C=O) groups is 2. The lowest BCUT2D eigenvalue weighted by Gasteiger charge is -2.30. The Kier molecular flexibility index (Phi) is 7.59. The van der Waals surface area contributed by atoms with Gasteiger partial charge < -0.3 is 27.0 Å². The number of amides is 2. The fourth-order valence-electron chi connectivity index (χ4n) is 4.46. The van der Waals surface area contributed by atoms with E-state index in [-0.39, 0.29) is 29.4 Å². The molecule has 0 aromatic carbocycles. The summed E-state index contributed by atoms with van der Waals surface area (Å²) in [6, 6.07) is 9.58. The quantitative estimate of drug-likeness (QED) is 0.215. The van der Waals surface area contributed by atoms with Crippen molar-refractivity contribution >= 4 is 40.5 Å². The van der Waals surface area contributed by atoms with Crippen LogP contribution >= 0.6 is 0 Å². The van der Waals surface area contributed by atoms with Gasteiger partial charge in [-0.1, -0.05) is 6.07 Å². The van der Waals surface area contributed by atoms with E-state index in [1.165, 1.54) is 23.0 Å². The van der Waals surface area contributed by atoms with Crippen LogP contribution in [0.1, 0.15) is 43.1 Å². The van der Waals surface area contributed by atoms with Gasteiger partial charge in [0.15, 0.2) is 11.3 Å². The Morgan fingerprint density at radius 3 is 2.54 bits per heavy atom. The second kappa shape index (κ2) is 11.4. The lowest BCUT2D eigenvalue weighted by molar-refractivity contribution is -0.122. The average Bonchev–Trinajstić information content (AvgIpc) is 3.35. The normalized spacial score (nSPS) is 17.8. The van der Waals surface area contributed by atoms with Crippen molar-refractivity contribution in [2.24, 2.45) is 5.73 Å². The number of halogens is 1. The third-order valence-electron chi connectivity index (χ3n) is 6.45. The highest BCUT2D eigenvalue weighted by molar-refractivity contribution is 6.03. The van der Waals surface area contributed by atoms with Crippen LogP contribution < -0.4 is 27.0 Å². The molecule has 1 atom stereocenters. The third-order valence-corrected chi connectivity index (χ3v) is 6.45. The molecule has 1 fully saturated rings. The Morgan fingerprint density at radius 2 is 1.82 bits per heavy atom. The molecule has 4 aromatic heterocycles. The first-order valence-corrected chi connectivity index (χ1v) is 12.7. The van der Waals surface area contributed by atoms with Crippen molar-refractivity contribution in [1.82, 2.24) is 29.9 Å². The lowest BCUT2D eigenvalue weighted by Crippen LogP contribution is -2.46. The van der Waals surface area contributed by atoms with Gasteiger partial charge in [0.25, 0.3) is 5.91 Å². The van der Waals surface area contributed by atoms with E-state index in [1.807, 2.05) is 24.3 Å². The fourth-order valence-corrected chi connectivity index (χ4v) is 4.46. The number of aromatic nitrogens is 5. The van der Waals surface area contributed by atoms with Crippen LogP contribution in [0.2, 0.25) is 0 Å². The Balaban J connectivity index is 1.39. The zero-order valence-corrected chi connectivity index (χ0v) is 21.3. The molecule has 0 spiro atoms. The predicted octanol–water partition coefficient (Wildman–Crippen LogP) is 2.84. The summed E-state index contributed by atoms with van der Waals surface area (Å²) in [7, 11) is 0. The minimum absolute atomic E-state index is 0.0837. The van der Waals surface area contributed by atoms with Gasteiger partial charge in [-0.2, -0.15) is 4.39 Å². The van der Waals surface area contributed by atoms with E-state index in [0.29, 0.717) is 23.0 Å². The molecule has 4 aromatic rings. The first-order chi connectivity index (χ1) is 18.9. The zero-order valence-electron chi connectivity index (χ0n) is 21.3. The predicted molar refractivity (Wildman–Crippen MR) is 144 cm³/mol. The van der Waals surface area contributed by atoms with Gasteiger partial charge in [-0.3, -0.25) is 9.59 Å². The standard InChI is InChI=1S/C26H29FN10O2/c1-15(28)25(38)33-17-7-5-16(6-8-17)32-23-13-19(35-22-4-2-3-10-30-22)24-31-14-20(37(24)36-23)26(39)34-18-9-11-29-21(27)12-18/h2-4,9-17H,5-8,28H2,1H3,(H,30,35)(H,32,36)(H,33,38)(H,29,34,39)/t15-,16-,17-/m1/s1. The molecule has 13 heteroatoms. The second-order valence-corrected chi connectivity index (χ2v) is 9.47. The highest BCUT2D eigenvalue weighted by Crippen LogP contribution is 2.27. The first kappa shape index (κ1) is 26.0. The highest BCUT2D eigenvalue weighted by Gasteiger charge is 2.24. The number of nitrogens with two attached hydrogens (primary N) is 1. The molecule has 5 rings (SSSR count). The van der Waals surface area contributed by atoms with Crippen LogP contribution in [0.5, 0.6) is 0 Å². The summed E-state index contributed by atoms with van der Waals surface area (Å²) in [4.78, 5) is 37.3. The van der Waals surface area contributed by atoms with Crippen molar-refractivity contribution in [2.45, 2.75) is 50.7 Å². The van der Waals surface area contributed by atoms with E-state index in [4.69, 9.17) is 5.73 Å². The number of fused-ring (bicyclic) bond motifs is 1. The molecule has 0 aliphatic heterocycles. The molecule has 39 heavy (non-hydrogen) atoms. The summed E-state index contributed by atoms with van der Waals surface area (Å²) in [5.74, 6) is -0.227. The number of hydrogen-bond donors (Lipinski definition) is 5. The van der Waals surface area contributed by atoms with Gasteiger partial charge in [0.1, 0.15) is 11.6 Å². The first-order valence-electron chi connectivity index (χ1n) is 12.7. The van der Waals surface area contributed by atoms with Crippen LogP contribution in [0.3, 0.4) is 0 Å². The maximum atomic E-state index is 13.5. The van der Waals surface area contributed by atoms with Crippen LogP contribution in [0.25, 0.3) is 5.65 Å². The summed E-state index contributed by atoms with van der Waals surface area (Å²) in [5.41, 5.74) is 7.11. The number of nitrogens with one attached hydrogen (secondary N) is 4. The number of rotatable bonds is 8. The smallest absolute Gasteiger partial charge is 0.276 e. The molecule has 1 aliphatic carbocycles. The summed E-state index contributed by atoms with van der Waals surface area (Å²) in [5, 5.41) is 17.0. The topological polar surface area (TPSA) is 164 Å². The van der Waals surface area contributed by atoms with Gasteiger partial charge in [-0.15, -0.1) is 5.10 Å². The number of pyridine rings is 2. The van der Waals surface area contributed by atoms with Crippen molar-refractivity contribution < 1.29 is 14.0 Å². The van der Waals surface area contributed by atoms with Crippen molar-refractivity contribution in [1.29, 1.82) is 0 Å². The fraction of sp³-hybridized carbons (Fsp3) is 0.308. The third kappa shape index (κ3) is 6.26. The molecule has 1 aliphatic rings. The minimum Gasteiger partial charge on any atom is -0.366 e. The van der Waals surface area contributed by atoms with Crippen molar-refractivity contribution in [3.05, 3.63) is 66.6 Å². The van der Waals surface area contributed by atoms with E-state index in [9.17, 15) is 14.0 Å². The van der Waals surface area contributed by atoms with Gasteiger partial charge >= 0.3 is 0 Å². The lowest BCUT2D eigenvalue weighted by atomic mass is 9.91. The van der Waals surface area contributed by atoms with E-state index in [2.05, 4.69) is 41.3 Å². The number of anilines is 4. The molecule has 2 amide bonds. The Labute approximate surface area is 223 Å². The maximum absolute atomic E-state index is 13.5. The number of imidazole rings is 1. The van der Waals surface area contributed by atoms with Gasteiger partial charge in [0, 0.05) is 42.3 Å². The second-order valence-electron chi connectivity index (χ2n) is 9.47. The summed E-state index contributed by atoms with van der Waals surface area (Å²) in [6.45, 7) is 1.67. The van der Waals surface area contributed by atoms with Crippen molar-refractivity contribution in [3.63, 3.8) is 0 Å². The molecule has 4 heterocycles. The Bertz CT molecular complexity index is 1470. The molecular formula is C26H29FN10O2. The van der Waals surface area contributed by atoms with E-state index in [1.54, 1.807) is 13.1 Å². The Morgan fingerprint density at radius 1 is 1.03 bits per heavy atom. The van der Waals surface area contributed by atoms with Crippen LogP contribution in [0.15, 0.2) is 55.0 Å². The molecule has 6 N–H and O–H groups in total. The van der Waals surface area contributed by atoms with Crippen LogP contribution in [0.4, 0.5) is 27.4 Å². The number of carbonyl (C=O) groups excluding carboxylic acids is 2. The van der Waals surface area contributed by atoms with Gasteiger partial charge in [-0.25, -0.2) is 19.5 Å².